The average molecular weight is 305 g/mol. The van der Waals surface area contributed by atoms with Gasteiger partial charge in [-0.1, -0.05) is 36.3 Å². The van der Waals surface area contributed by atoms with Gasteiger partial charge in [-0.05, 0) is 50.2 Å². The fourth-order valence-corrected chi connectivity index (χ4v) is 5.17. The molecule has 1 heterocycles. The molecule has 0 radical (unpaired) electrons. The fraction of sp³-hybridized carbons (Fsp3) is 0.529. The van der Waals surface area contributed by atoms with Crippen molar-refractivity contribution in [2.75, 3.05) is 13.1 Å². The Morgan fingerprint density at radius 2 is 1.90 bits per heavy atom. The second kappa shape index (κ2) is 5.58. The summed E-state index contributed by atoms with van der Waals surface area (Å²) in [5, 5.41) is 0. The van der Waals surface area contributed by atoms with Crippen LogP contribution in [0.25, 0.3) is 0 Å². The van der Waals surface area contributed by atoms with Crippen LogP contribution >= 0.6 is 0 Å². The minimum absolute atomic E-state index is 0.412. The van der Waals surface area contributed by atoms with Gasteiger partial charge in [-0.2, -0.15) is 4.31 Å². The highest BCUT2D eigenvalue weighted by atomic mass is 32.2. The van der Waals surface area contributed by atoms with Gasteiger partial charge < -0.3 is 0 Å². The summed E-state index contributed by atoms with van der Waals surface area (Å²) >= 11 is 0. The summed E-state index contributed by atoms with van der Waals surface area (Å²) in [5.74, 6) is 0.989. The van der Waals surface area contributed by atoms with E-state index in [0.29, 0.717) is 29.8 Å². The van der Waals surface area contributed by atoms with E-state index in [4.69, 9.17) is 0 Å². The van der Waals surface area contributed by atoms with Crippen molar-refractivity contribution >= 4 is 10.0 Å². The Morgan fingerprint density at radius 1 is 1.19 bits per heavy atom. The number of nitrogens with zero attached hydrogens (tertiary/aromatic N) is 1. The van der Waals surface area contributed by atoms with Gasteiger partial charge in [-0.15, -0.1) is 0 Å². The maximum Gasteiger partial charge on any atom is 0.243 e. The molecule has 0 N–H and O–H groups in total. The molecule has 114 valence electrons. The van der Waals surface area contributed by atoms with E-state index in [9.17, 15) is 8.42 Å². The molecular formula is C17H23NO2S. The molecule has 2 aliphatic rings. The molecule has 4 heteroatoms. The molecule has 1 aliphatic carbocycles. The first-order valence-corrected chi connectivity index (χ1v) is 9.17. The Balaban J connectivity index is 1.88. The highest BCUT2D eigenvalue weighted by Crippen LogP contribution is 2.40. The van der Waals surface area contributed by atoms with Gasteiger partial charge in [0.05, 0.1) is 4.90 Å². The Bertz CT molecular complexity index is 633. The molecule has 1 saturated carbocycles. The fourth-order valence-electron chi connectivity index (χ4n) is 3.68. The third-order valence-corrected chi connectivity index (χ3v) is 6.84. The second-order valence-electron chi connectivity index (χ2n) is 6.38. The lowest BCUT2D eigenvalue weighted by Gasteiger charge is -2.23. The first-order chi connectivity index (χ1) is 9.98. The number of hydrogen-bond acceptors (Lipinski definition) is 2. The van der Waals surface area contributed by atoms with E-state index in [2.05, 4.69) is 6.58 Å². The van der Waals surface area contributed by atoms with Crippen molar-refractivity contribution in [1.82, 2.24) is 4.31 Å². The molecule has 3 rings (SSSR count). The zero-order chi connectivity index (χ0) is 15.0. The maximum atomic E-state index is 12.8. The highest BCUT2D eigenvalue weighted by molar-refractivity contribution is 7.89. The van der Waals surface area contributed by atoms with Crippen LogP contribution in [-0.4, -0.2) is 25.8 Å². The molecular weight excluding hydrogens is 282 g/mol. The first kappa shape index (κ1) is 14.8. The van der Waals surface area contributed by atoms with Crippen LogP contribution in [0.15, 0.2) is 41.3 Å². The van der Waals surface area contributed by atoms with E-state index in [1.165, 1.54) is 18.4 Å². The zero-order valence-electron chi connectivity index (χ0n) is 12.6. The SMILES string of the molecule is C=C1CCN(S(=O)(=O)c2ccc(C)cc2)C[C@@H]2CCC[C@H]12. The smallest absolute Gasteiger partial charge is 0.207 e. The summed E-state index contributed by atoms with van der Waals surface area (Å²) in [5.41, 5.74) is 2.33. The maximum absolute atomic E-state index is 12.8. The van der Waals surface area contributed by atoms with Crippen molar-refractivity contribution in [2.24, 2.45) is 11.8 Å². The third kappa shape index (κ3) is 2.79. The van der Waals surface area contributed by atoms with Gasteiger partial charge in [0.15, 0.2) is 0 Å². The van der Waals surface area contributed by atoms with Crippen molar-refractivity contribution in [1.29, 1.82) is 0 Å². The molecule has 1 aliphatic heterocycles. The molecule has 0 amide bonds. The van der Waals surface area contributed by atoms with E-state index in [1.807, 2.05) is 19.1 Å². The Hall–Kier alpha value is -1.13. The molecule has 0 spiro atoms. The summed E-state index contributed by atoms with van der Waals surface area (Å²) < 4.78 is 27.4. The molecule has 3 nitrogen and oxygen atoms in total. The average Bonchev–Trinajstić information content (AvgIpc) is 2.85. The molecule has 1 aromatic carbocycles. The minimum Gasteiger partial charge on any atom is -0.207 e. The lowest BCUT2D eigenvalue weighted by molar-refractivity contribution is 0.344. The third-order valence-electron chi connectivity index (χ3n) is 4.96. The predicted molar refractivity (Wildman–Crippen MR) is 84.5 cm³/mol. The summed E-state index contributed by atoms with van der Waals surface area (Å²) in [6, 6.07) is 7.16. The number of rotatable bonds is 2. The van der Waals surface area contributed by atoms with Crippen LogP contribution in [0.2, 0.25) is 0 Å². The van der Waals surface area contributed by atoms with Crippen molar-refractivity contribution < 1.29 is 8.42 Å². The molecule has 0 bridgehead atoms. The summed E-state index contributed by atoms with van der Waals surface area (Å²) in [4.78, 5) is 0.412. The Kier molecular flexibility index (Phi) is 3.93. The number of sulfonamides is 1. The molecule has 1 aromatic rings. The monoisotopic (exact) mass is 305 g/mol. The van der Waals surface area contributed by atoms with E-state index in [0.717, 1.165) is 18.4 Å². The van der Waals surface area contributed by atoms with Crippen molar-refractivity contribution in [3.63, 3.8) is 0 Å². The number of benzene rings is 1. The second-order valence-corrected chi connectivity index (χ2v) is 8.32. The van der Waals surface area contributed by atoms with Crippen LogP contribution in [0.4, 0.5) is 0 Å². The van der Waals surface area contributed by atoms with Gasteiger partial charge in [0, 0.05) is 13.1 Å². The van der Waals surface area contributed by atoms with Crippen LogP contribution in [0.3, 0.4) is 0 Å². The van der Waals surface area contributed by atoms with Gasteiger partial charge >= 0.3 is 0 Å². The van der Waals surface area contributed by atoms with Gasteiger partial charge in [-0.25, -0.2) is 8.42 Å². The number of aryl methyl sites for hydroxylation is 1. The van der Waals surface area contributed by atoms with Crippen LogP contribution in [-0.2, 0) is 10.0 Å². The standard InChI is InChI=1S/C17H23NO2S/c1-13-6-8-16(9-7-13)21(19,20)18-11-10-14(2)17-5-3-4-15(17)12-18/h6-9,15,17H,2-5,10-12H2,1H3/t15-,17+/m0/s1. The Morgan fingerprint density at radius 3 is 2.62 bits per heavy atom. The van der Waals surface area contributed by atoms with E-state index >= 15 is 0 Å². The van der Waals surface area contributed by atoms with Crippen LogP contribution in [0, 0.1) is 18.8 Å². The Labute approximate surface area is 127 Å². The summed E-state index contributed by atoms with van der Waals surface area (Å²) in [6.07, 6.45) is 4.31. The van der Waals surface area contributed by atoms with E-state index in [-0.39, 0.29) is 0 Å². The first-order valence-electron chi connectivity index (χ1n) is 7.73. The molecule has 0 aromatic heterocycles. The van der Waals surface area contributed by atoms with E-state index < -0.39 is 10.0 Å². The van der Waals surface area contributed by atoms with Gasteiger partial charge in [-0.3, -0.25) is 0 Å². The molecule has 0 unspecified atom stereocenters. The topological polar surface area (TPSA) is 37.4 Å². The van der Waals surface area contributed by atoms with Gasteiger partial charge in [0.25, 0.3) is 0 Å². The number of hydrogen-bond donors (Lipinski definition) is 0. The molecule has 2 fully saturated rings. The molecule has 1 saturated heterocycles. The van der Waals surface area contributed by atoms with Crippen LogP contribution < -0.4 is 0 Å². The van der Waals surface area contributed by atoms with Crippen molar-refractivity contribution in [3.05, 3.63) is 42.0 Å². The van der Waals surface area contributed by atoms with Crippen LogP contribution in [0.5, 0.6) is 0 Å². The summed E-state index contributed by atoms with van der Waals surface area (Å²) in [6.45, 7) is 7.39. The van der Waals surface area contributed by atoms with Crippen molar-refractivity contribution in [3.8, 4) is 0 Å². The summed E-state index contributed by atoms with van der Waals surface area (Å²) in [7, 11) is -3.37. The minimum atomic E-state index is -3.37. The lowest BCUT2D eigenvalue weighted by Crippen LogP contribution is -2.35. The largest absolute Gasteiger partial charge is 0.243 e. The van der Waals surface area contributed by atoms with E-state index in [1.54, 1.807) is 16.4 Å². The highest BCUT2D eigenvalue weighted by Gasteiger charge is 2.37. The lowest BCUT2D eigenvalue weighted by atomic mass is 9.89. The zero-order valence-corrected chi connectivity index (χ0v) is 13.4. The normalized spacial score (nSPS) is 27.4. The quantitative estimate of drug-likeness (QED) is 0.786. The van der Waals surface area contributed by atoms with Gasteiger partial charge in [0.2, 0.25) is 10.0 Å². The molecule has 2 atom stereocenters. The predicted octanol–water partition coefficient (Wildman–Crippen LogP) is 3.36. The van der Waals surface area contributed by atoms with Gasteiger partial charge in [0.1, 0.15) is 0 Å². The molecule has 21 heavy (non-hydrogen) atoms. The number of fused-ring (bicyclic) bond motifs is 1. The van der Waals surface area contributed by atoms with Crippen LogP contribution in [0.1, 0.15) is 31.2 Å². The van der Waals surface area contributed by atoms with Crippen molar-refractivity contribution in [2.45, 2.75) is 37.5 Å².